The number of aryl methyl sites for hydroxylation is 1. The zero-order valence-electron chi connectivity index (χ0n) is 15.2. The first kappa shape index (κ1) is 18.6. The summed E-state index contributed by atoms with van der Waals surface area (Å²) in [4.78, 5) is 24.5. The van der Waals surface area contributed by atoms with E-state index in [0.717, 1.165) is 17.0 Å². The van der Waals surface area contributed by atoms with Gasteiger partial charge in [-0.15, -0.1) is 0 Å². The van der Waals surface area contributed by atoms with Gasteiger partial charge in [-0.25, -0.2) is 9.18 Å². The molecule has 1 heterocycles. The summed E-state index contributed by atoms with van der Waals surface area (Å²) < 4.78 is 20.8. The van der Waals surface area contributed by atoms with E-state index in [-0.39, 0.29) is 5.56 Å². The van der Waals surface area contributed by atoms with Crippen LogP contribution in [0.15, 0.2) is 60.7 Å². The first-order valence-corrected chi connectivity index (χ1v) is 8.63. The molecule has 0 aliphatic rings. The molecule has 0 aliphatic heterocycles. The largest absolute Gasteiger partial charge is 0.454 e. The van der Waals surface area contributed by atoms with E-state index in [4.69, 9.17) is 4.74 Å². The molecule has 0 aliphatic carbocycles. The van der Waals surface area contributed by atoms with Gasteiger partial charge in [0.2, 0.25) is 5.78 Å². The molecule has 0 bridgehead atoms. The molecule has 3 rings (SSSR count). The zero-order valence-corrected chi connectivity index (χ0v) is 15.2. The van der Waals surface area contributed by atoms with Gasteiger partial charge < -0.3 is 9.30 Å². The summed E-state index contributed by atoms with van der Waals surface area (Å²) in [6.45, 7) is 3.89. The molecule has 138 valence electrons. The summed E-state index contributed by atoms with van der Waals surface area (Å²) in [5, 5.41) is 0. The number of nitrogens with zero attached hydrogens (tertiary/aromatic N) is 1. The topological polar surface area (TPSA) is 48.3 Å². The van der Waals surface area contributed by atoms with Gasteiger partial charge in [0.1, 0.15) is 5.82 Å². The fourth-order valence-electron chi connectivity index (χ4n) is 2.99. The van der Waals surface area contributed by atoms with Crippen LogP contribution in [0.1, 0.15) is 37.7 Å². The van der Waals surface area contributed by atoms with Crippen molar-refractivity contribution in [2.45, 2.75) is 20.4 Å². The number of hydrogen-bond acceptors (Lipinski definition) is 3. The van der Waals surface area contributed by atoms with Crippen molar-refractivity contribution in [3.63, 3.8) is 0 Å². The van der Waals surface area contributed by atoms with Gasteiger partial charge in [-0.05, 0) is 37.6 Å². The van der Waals surface area contributed by atoms with Crippen molar-refractivity contribution in [3.8, 4) is 0 Å². The Morgan fingerprint density at radius 3 is 2.33 bits per heavy atom. The van der Waals surface area contributed by atoms with Crippen LogP contribution in [-0.2, 0) is 11.3 Å². The second-order valence-electron chi connectivity index (χ2n) is 6.34. The Labute approximate surface area is 157 Å². The van der Waals surface area contributed by atoms with Gasteiger partial charge >= 0.3 is 5.97 Å². The molecule has 0 radical (unpaired) electrons. The third kappa shape index (κ3) is 4.14. The lowest BCUT2D eigenvalue weighted by atomic mass is 10.1. The molecule has 0 N–H and O–H groups in total. The highest BCUT2D eigenvalue weighted by Gasteiger charge is 2.19. The smallest absolute Gasteiger partial charge is 0.340 e. The lowest BCUT2D eigenvalue weighted by molar-refractivity contribution is 0.0472. The lowest BCUT2D eigenvalue weighted by Gasteiger charge is -2.10. The highest BCUT2D eigenvalue weighted by Crippen LogP contribution is 2.18. The standard InChI is InChI=1S/C22H20FNO3/c1-15-12-19(16(2)24(15)13-17-8-4-3-5-9-17)22(26)27-14-21(25)18-10-6-7-11-20(18)23/h3-12H,13-14H2,1-2H3. The molecule has 0 spiro atoms. The average Bonchev–Trinajstić information content (AvgIpc) is 2.95. The predicted octanol–water partition coefficient (Wildman–Crippen LogP) is 4.33. The molecular formula is C22H20FNO3. The van der Waals surface area contributed by atoms with Gasteiger partial charge in [0.15, 0.2) is 6.61 Å². The zero-order chi connectivity index (χ0) is 19.4. The minimum atomic E-state index is -0.625. The van der Waals surface area contributed by atoms with Crippen LogP contribution >= 0.6 is 0 Å². The fourth-order valence-corrected chi connectivity index (χ4v) is 2.99. The van der Waals surface area contributed by atoms with Crippen LogP contribution in [0.4, 0.5) is 4.39 Å². The maximum Gasteiger partial charge on any atom is 0.340 e. The summed E-state index contributed by atoms with van der Waals surface area (Å²) in [6, 6.07) is 17.3. The van der Waals surface area contributed by atoms with Crippen molar-refractivity contribution < 1.29 is 18.7 Å². The lowest BCUT2D eigenvalue weighted by Crippen LogP contribution is -2.16. The first-order chi connectivity index (χ1) is 13.0. The first-order valence-electron chi connectivity index (χ1n) is 8.63. The van der Waals surface area contributed by atoms with Crippen LogP contribution in [0, 0.1) is 19.7 Å². The van der Waals surface area contributed by atoms with Crippen LogP contribution in [0.3, 0.4) is 0 Å². The second-order valence-corrected chi connectivity index (χ2v) is 6.34. The molecule has 3 aromatic rings. The summed E-state index contributed by atoms with van der Waals surface area (Å²) in [5.41, 5.74) is 3.13. The highest BCUT2D eigenvalue weighted by atomic mass is 19.1. The summed E-state index contributed by atoms with van der Waals surface area (Å²) in [5.74, 6) is -1.79. The Balaban J connectivity index is 1.71. The molecular weight excluding hydrogens is 345 g/mol. The molecule has 0 amide bonds. The van der Waals surface area contributed by atoms with Crippen LogP contribution in [-0.4, -0.2) is 22.9 Å². The minimum absolute atomic E-state index is 0.0835. The van der Waals surface area contributed by atoms with E-state index in [1.807, 2.05) is 48.7 Å². The number of ketones is 1. The van der Waals surface area contributed by atoms with Gasteiger partial charge in [-0.2, -0.15) is 0 Å². The number of aromatic nitrogens is 1. The Morgan fingerprint density at radius 2 is 1.63 bits per heavy atom. The number of benzene rings is 2. The normalized spacial score (nSPS) is 10.6. The number of carbonyl (C=O) groups excluding carboxylic acids is 2. The predicted molar refractivity (Wildman–Crippen MR) is 100 cm³/mol. The second kappa shape index (κ2) is 7.99. The number of hydrogen-bond donors (Lipinski definition) is 0. The fraction of sp³-hybridized carbons (Fsp3) is 0.182. The van der Waals surface area contributed by atoms with E-state index in [1.165, 1.54) is 18.2 Å². The molecule has 0 saturated carbocycles. The Morgan fingerprint density at radius 1 is 0.963 bits per heavy atom. The van der Waals surface area contributed by atoms with Crippen molar-refractivity contribution >= 4 is 11.8 Å². The minimum Gasteiger partial charge on any atom is -0.454 e. The maximum absolute atomic E-state index is 13.7. The highest BCUT2D eigenvalue weighted by molar-refractivity contribution is 5.99. The molecule has 1 aromatic heterocycles. The maximum atomic E-state index is 13.7. The van der Waals surface area contributed by atoms with Gasteiger partial charge in [-0.1, -0.05) is 42.5 Å². The Kier molecular flexibility index (Phi) is 5.50. The van der Waals surface area contributed by atoms with E-state index in [0.29, 0.717) is 12.1 Å². The number of carbonyl (C=O) groups is 2. The monoisotopic (exact) mass is 365 g/mol. The molecule has 0 fully saturated rings. The molecule has 2 aromatic carbocycles. The number of rotatable bonds is 6. The van der Waals surface area contributed by atoms with Gasteiger partial charge in [0.25, 0.3) is 0 Å². The van der Waals surface area contributed by atoms with Gasteiger partial charge in [0.05, 0.1) is 11.1 Å². The average molecular weight is 365 g/mol. The Bertz CT molecular complexity index is 976. The van der Waals surface area contributed by atoms with Crippen LogP contribution < -0.4 is 0 Å². The summed E-state index contributed by atoms with van der Waals surface area (Å²) in [6.07, 6.45) is 0. The third-order valence-electron chi connectivity index (χ3n) is 4.49. The van der Waals surface area contributed by atoms with E-state index < -0.39 is 24.2 Å². The summed E-state index contributed by atoms with van der Waals surface area (Å²) in [7, 11) is 0. The van der Waals surface area contributed by atoms with Gasteiger partial charge in [0, 0.05) is 17.9 Å². The van der Waals surface area contributed by atoms with Crippen molar-refractivity contribution in [1.82, 2.24) is 4.57 Å². The molecule has 27 heavy (non-hydrogen) atoms. The van der Waals surface area contributed by atoms with Gasteiger partial charge in [-0.3, -0.25) is 4.79 Å². The third-order valence-corrected chi connectivity index (χ3v) is 4.49. The Hall–Kier alpha value is -3.21. The van der Waals surface area contributed by atoms with Crippen molar-refractivity contribution in [2.24, 2.45) is 0 Å². The van der Waals surface area contributed by atoms with Crippen molar-refractivity contribution in [3.05, 3.63) is 94.6 Å². The van der Waals surface area contributed by atoms with E-state index in [1.54, 1.807) is 12.1 Å². The van der Waals surface area contributed by atoms with Crippen molar-refractivity contribution in [1.29, 1.82) is 0 Å². The number of halogens is 1. The summed E-state index contributed by atoms with van der Waals surface area (Å²) >= 11 is 0. The number of ether oxygens (including phenoxy) is 1. The number of Topliss-reactive ketones (excluding diaryl/α,β-unsaturated/α-hetero) is 1. The van der Waals surface area contributed by atoms with E-state index in [2.05, 4.69) is 0 Å². The SMILES string of the molecule is Cc1cc(C(=O)OCC(=O)c2ccccc2F)c(C)n1Cc1ccccc1. The molecule has 0 unspecified atom stereocenters. The molecule has 5 heteroatoms. The van der Waals surface area contributed by atoms with Crippen LogP contribution in [0.25, 0.3) is 0 Å². The van der Waals surface area contributed by atoms with E-state index in [9.17, 15) is 14.0 Å². The van der Waals surface area contributed by atoms with Crippen LogP contribution in [0.2, 0.25) is 0 Å². The number of esters is 1. The molecule has 0 saturated heterocycles. The van der Waals surface area contributed by atoms with Crippen molar-refractivity contribution in [2.75, 3.05) is 6.61 Å². The molecule has 0 atom stereocenters. The van der Waals surface area contributed by atoms with Crippen LogP contribution in [0.5, 0.6) is 0 Å². The van der Waals surface area contributed by atoms with E-state index >= 15 is 0 Å². The quantitative estimate of drug-likeness (QED) is 0.482. The molecule has 4 nitrogen and oxygen atoms in total.